The van der Waals surface area contributed by atoms with Gasteiger partial charge >= 0.3 is 5.97 Å². The van der Waals surface area contributed by atoms with Gasteiger partial charge in [-0.1, -0.05) is 11.6 Å². The van der Waals surface area contributed by atoms with Crippen molar-refractivity contribution in [2.24, 2.45) is 5.14 Å². The van der Waals surface area contributed by atoms with E-state index in [4.69, 9.17) is 26.6 Å². The zero-order chi connectivity index (χ0) is 15.2. The molecule has 1 rings (SSSR count). The lowest BCUT2D eigenvalue weighted by Gasteiger charge is -2.10. The largest absolute Gasteiger partial charge is 0.492 e. The highest BCUT2D eigenvalue weighted by molar-refractivity contribution is 7.89. The zero-order valence-corrected chi connectivity index (χ0v) is 12.3. The molecule has 1 aromatic rings. The van der Waals surface area contributed by atoms with E-state index >= 15 is 0 Å². The number of halogens is 1. The van der Waals surface area contributed by atoms with Crippen molar-refractivity contribution in [1.29, 1.82) is 0 Å². The number of benzene rings is 1. The van der Waals surface area contributed by atoms with E-state index in [0.29, 0.717) is 19.3 Å². The van der Waals surface area contributed by atoms with Gasteiger partial charge in [0.25, 0.3) is 0 Å². The average Bonchev–Trinajstić information content (AvgIpc) is 2.33. The van der Waals surface area contributed by atoms with E-state index in [2.05, 4.69) is 0 Å². The lowest BCUT2D eigenvalue weighted by Crippen LogP contribution is -2.14. The summed E-state index contributed by atoms with van der Waals surface area (Å²) in [5.74, 6) is -0.685. The number of ether oxygens (including phenoxy) is 1. The highest BCUT2D eigenvalue weighted by Gasteiger charge is 2.15. The first kappa shape index (κ1) is 16.7. The molecule has 112 valence electrons. The molecule has 0 saturated heterocycles. The van der Waals surface area contributed by atoms with Crippen LogP contribution in [-0.2, 0) is 14.8 Å². The Hall–Kier alpha value is -1.31. The predicted octanol–water partition coefficient (Wildman–Crippen LogP) is 2.01. The van der Waals surface area contributed by atoms with Gasteiger partial charge in [0, 0.05) is 11.4 Å². The summed E-state index contributed by atoms with van der Waals surface area (Å²) in [6, 6.07) is 4.19. The Bertz CT molecular complexity index is 573. The third-order valence-electron chi connectivity index (χ3n) is 2.50. The number of carbonyl (C=O) groups is 1. The number of hydrogen-bond donors (Lipinski definition) is 2. The van der Waals surface area contributed by atoms with Crippen LogP contribution >= 0.6 is 11.6 Å². The molecule has 8 heteroatoms. The van der Waals surface area contributed by atoms with Crippen LogP contribution < -0.4 is 9.88 Å². The molecule has 0 aromatic heterocycles. The van der Waals surface area contributed by atoms with Crippen LogP contribution in [0.5, 0.6) is 5.75 Å². The number of primary sulfonamides is 1. The van der Waals surface area contributed by atoms with Crippen LogP contribution in [-0.4, -0.2) is 26.1 Å². The minimum Gasteiger partial charge on any atom is -0.492 e. The van der Waals surface area contributed by atoms with Crippen LogP contribution in [0.3, 0.4) is 0 Å². The molecule has 0 bridgehead atoms. The van der Waals surface area contributed by atoms with Gasteiger partial charge in [-0.05, 0) is 37.5 Å². The standard InChI is InChI=1S/C12H16ClNO5S/c13-9-5-6-10(11(8-9)20(14,17)18)19-7-3-1-2-4-12(15)16/h5-6,8H,1-4,7H2,(H,15,16)(H2,14,17,18). The Labute approximate surface area is 122 Å². The van der Waals surface area contributed by atoms with E-state index in [9.17, 15) is 13.2 Å². The molecule has 0 heterocycles. The summed E-state index contributed by atoms with van der Waals surface area (Å²) in [5, 5.41) is 13.8. The SMILES string of the molecule is NS(=O)(=O)c1cc(Cl)ccc1OCCCCCC(=O)O. The molecule has 0 amide bonds. The molecule has 6 nitrogen and oxygen atoms in total. The second-order valence-corrected chi connectivity index (χ2v) is 6.16. The normalized spacial score (nSPS) is 11.3. The molecule has 0 aliphatic heterocycles. The van der Waals surface area contributed by atoms with Gasteiger partial charge in [0.1, 0.15) is 10.6 Å². The van der Waals surface area contributed by atoms with Crippen molar-refractivity contribution in [3.63, 3.8) is 0 Å². The minimum absolute atomic E-state index is 0.114. The third kappa shape index (κ3) is 5.77. The van der Waals surface area contributed by atoms with Gasteiger partial charge in [0.05, 0.1) is 6.61 Å². The fraction of sp³-hybridized carbons (Fsp3) is 0.417. The monoisotopic (exact) mass is 321 g/mol. The summed E-state index contributed by atoms with van der Waals surface area (Å²) >= 11 is 5.72. The van der Waals surface area contributed by atoms with Crippen LogP contribution in [0.4, 0.5) is 0 Å². The molecule has 0 saturated carbocycles. The fourth-order valence-corrected chi connectivity index (χ4v) is 2.50. The Kier molecular flexibility index (Phi) is 6.25. The first-order valence-corrected chi connectivity index (χ1v) is 7.90. The molecule has 20 heavy (non-hydrogen) atoms. The maximum absolute atomic E-state index is 11.4. The van der Waals surface area contributed by atoms with Crippen LogP contribution in [0.25, 0.3) is 0 Å². The van der Waals surface area contributed by atoms with Crippen LogP contribution in [0.2, 0.25) is 5.02 Å². The van der Waals surface area contributed by atoms with Gasteiger partial charge < -0.3 is 9.84 Å². The van der Waals surface area contributed by atoms with Gasteiger partial charge in [-0.2, -0.15) is 0 Å². The van der Waals surface area contributed by atoms with E-state index in [0.717, 1.165) is 0 Å². The number of rotatable bonds is 8. The quantitative estimate of drug-likeness (QED) is 0.712. The van der Waals surface area contributed by atoms with Gasteiger partial charge in [0.15, 0.2) is 0 Å². The van der Waals surface area contributed by atoms with E-state index in [1.54, 1.807) is 0 Å². The number of sulfonamides is 1. The molecule has 0 unspecified atom stereocenters. The van der Waals surface area contributed by atoms with Crippen LogP contribution in [0.15, 0.2) is 23.1 Å². The first-order valence-electron chi connectivity index (χ1n) is 5.97. The van der Waals surface area contributed by atoms with Crippen molar-refractivity contribution in [3.8, 4) is 5.75 Å². The molecule has 1 aromatic carbocycles. The number of carboxylic acids is 1. The summed E-state index contributed by atoms with van der Waals surface area (Å²) < 4.78 is 28.1. The summed E-state index contributed by atoms with van der Waals surface area (Å²) in [4.78, 5) is 10.2. The van der Waals surface area contributed by atoms with Crippen LogP contribution in [0, 0.1) is 0 Å². The van der Waals surface area contributed by atoms with Crippen molar-refractivity contribution >= 4 is 27.6 Å². The summed E-state index contributed by atoms with van der Waals surface area (Å²) in [7, 11) is -3.90. The van der Waals surface area contributed by atoms with Gasteiger partial charge in [-0.3, -0.25) is 4.79 Å². The van der Waals surface area contributed by atoms with Gasteiger partial charge in [0.2, 0.25) is 10.0 Å². The molecular formula is C12H16ClNO5S. The molecule has 0 aliphatic carbocycles. The van der Waals surface area contributed by atoms with E-state index in [1.165, 1.54) is 18.2 Å². The Morgan fingerprint density at radius 2 is 2.00 bits per heavy atom. The Balaban J connectivity index is 2.54. The lowest BCUT2D eigenvalue weighted by atomic mass is 10.2. The summed E-state index contributed by atoms with van der Waals surface area (Å²) in [6.07, 6.45) is 1.98. The number of hydrogen-bond acceptors (Lipinski definition) is 4. The first-order chi connectivity index (χ1) is 9.30. The van der Waals surface area contributed by atoms with E-state index < -0.39 is 16.0 Å². The second-order valence-electron chi connectivity index (χ2n) is 4.19. The third-order valence-corrected chi connectivity index (χ3v) is 3.67. The molecule has 3 N–H and O–H groups in total. The molecule has 0 fully saturated rings. The smallest absolute Gasteiger partial charge is 0.303 e. The van der Waals surface area contributed by atoms with Gasteiger partial charge in [-0.15, -0.1) is 0 Å². The van der Waals surface area contributed by atoms with E-state index in [-0.39, 0.29) is 28.7 Å². The number of carboxylic acid groups (broad SMARTS) is 1. The predicted molar refractivity (Wildman–Crippen MR) is 74.4 cm³/mol. The summed E-state index contributed by atoms with van der Waals surface area (Å²) in [5.41, 5.74) is 0. The zero-order valence-electron chi connectivity index (χ0n) is 10.7. The molecule has 0 spiro atoms. The fourth-order valence-electron chi connectivity index (χ4n) is 1.56. The van der Waals surface area contributed by atoms with Crippen molar-refractivity contribution in [2.75, 3.05) is 6.61 Å². The van der Waals surface area contributed by atoms with Crippen LogP contribution in [0.1, 0.15) is 25.7 Å². The second kappa shape index (κ2) is 7.47. The highest BCUT2D eigenvalue weighted by atomic mass is 35.5. The van der Waals surface area contributed by atoms with Crippen molar-refractivity contribution in [1.82, 2.24) is 0 Å². The molecular weight excluding hydrogens is 306 g/mol. The number of nitrogens with two attached hydrogens (primary N) is 1. The topological polar surface area (TPSA) is 107 Å². The molecule has 0 atom stereocenters. The van der Waals surface area contributed by atoms with Crippen molar-refractivity contribution in [2.45, 2.75) is 30.6 Å². The average molecular weight is 322 g/mol. The van der Waals surface area contributed by atoms with E-state index in [1.807, 2.05) is 0 Å². The van der Waals surface area contributed by atoms with Crippen molar-refractivity contribution in [3.05, 3.63) is 23.2 Å². The number of aliphatic carboxylic acids is 1. The Morgan fingerprint density at radius 1 is 1.30 bits per heavy atom. The maximum Gasteiger partial charge on any atom is 0.303 e. The number of unbranched alkanes of at least 4 members (excludes halogenated alkanes) is 2. The molecule has 0 aliphatic rings. The minimum atomic E-state index is -3.90. The van der Waals surface area contributed by atoms with Crippen molar-refractivity contribution < 1.29 is 23.1 Å². The Morgan fingerprint density at radius 3 is 2.60 bits per heavy atom. The summed E-state index contributed by atoms with van der Waals surface area (Å²) in [6.45, 7) is 0.282. The highest BCUT2D eigenvalue weighted by Crippen LogP contribution is 2.26. The molecule has 0 radical (unpaired) electrons. The maximum atomic E-state index is 11.4. The lowest BCUT2D eigenvalue weighted by molar-refractivity contribution is -0.137. The van der Waals surface area contributed by atoms with Gasteiger partial charge in [-0.25, -0.2) is 13.6 Å².